The Morgan fingerprint density at radius 3 is 2.32 bits per heavy atom. The lowest BCUT2D eigenvalue weighted by molar-refractivity contribution is -0.110. The van der Waals surface area contributed by atoms with Crippen molar-refractivity contribution in [3.63, 3.8) is 0 Å². The van der Waals surface area contributed by atoms with Crippen molar-refractivity contribution in [2.45, 2.75) is 32.1 Å². The number of nitrogens with one attached hydrogen (secondary N) is 2. The second-order valence-electron chi connectivity index (χ2n) is 8.50. The highest BCUT2D eigenvalue weighted by Gasteiger charge is 2.32. The molecule has 190 valence electrons. The van der Waals surface area contributed by atoms with Gasteiger partial charge in [-0.25, -0.2) is 4.99 Å². The lowest BCUT2D eigenvalue weighted by atomic mass is 9.97. The van der Waals surface area contributed by atoms with E-state index in [4.69, 9.17) is 11.0 Å². The zero-order chi connectivity index (χ0) is 27.0. The number of hydrogen-bond acceptors (Lipinski definition) is 5. The Bertz CT molecular complexity index is 1340. The third-order valence-corrected chi connectivity index (χ3v) is 5.19. The topological polar surface area (TPSA) is 103 Å². The predicted molar refractivity (Wildman–Crippen MR) is 138 cm³/mol. The quantitative estimate of drug-likeness (QED) is 0.339. The molecule has 6 nitrogen and oxygen atoms in total. The fourth-order valence-corrected chi connectivity index (χ4v) is 3.52. The van der Waals surface area contributed by atoms with Crippen LogP contribution in [0.3, 0.4) is 0 Å². The molecule has 0 heterocycles. The summed E-state index contributed by atoms with van der Waals surface area (Å²) in [6, 6.07) is 24.5. The highest BCUT2D eigenvalue weighted by molar-refractivity contribution is 6.47. The maximum atomic E-state index is 13.1. The molecule has 0 aromatic heterocycles. The summed E-state index contributed by atoms with van der Waals surface area (Å²) in [5.41, 5.74) is 5.75. The average Bonchev–Trinajstić information content (AvgIpc) is 2.87. The maximum Gasteiger partial charge on any atom is 0.430 e. The molecular formula is C28H26F3N5O. The van der Waals surface area contributed by atoms with E-state index in [2.05, 4.69) is 15.6 Å². The van der Waals surface area contributed by atoms with Crippen LogP contribution in [0.5, 0.6) is 0 Å². The van der Waals surface area contributed by atoms with Gasteiger partial charge in [-0.1, -0.05) is 48.5 Å². The van der Waals surface area contributed by atoms with Crippen LogP contribution in [-0.2, 0) is 4.79 Å². The van der Waals surface area contributed by atoms with E-state index in [9.17, 15) is 18.0 Å². The van der Waals surface area contributed by atoms with Crippen molar-refractivity contribution in [2.24, 2.45) is 10.7 Å². The van der Waals surface area contributed by atoms with E-state index in [1.165, 1.54) is 24.3 Å². The molecule has 4 N–H and O–H groups in total. The highest BCUT2D eigenvalue weighted by Crippen LogP contribution is 2.26. The number of halogens is 3. The number of aliphatic imine (C=N–C) groups is 1. The van der Waals surface area contributed by atoms with E-state index in [1.807, 2.05) is 56.3 Å². The molecule has 1 unspecified atom stereocenters. The van der Waals surface area contributed by atoms with Crippen molar-refractivity contribution in [1.82, 2.24) is 5.32 Å². The van der Waals surface area contributed by atoms with E-state index < -0.39 is 23.5 Å². The molecule has 3 aromatic rings. The first-order valence-corrected chi connectivity index (χ1v) is 11.4. The van der Waals surface area contributed by atoms with Crippen molar-refractivity contribution < 1.29 is 18.0 Å². The third kappa shape index (κ3) is 7.78. The van der Waals surface area contributed by atoms with Crippen LogP contribution in [-0.4, -0.2) is 23.8 Å². The standard InChI is InChI=1S/C28H26F3N5O/c1-18(2)34-26(20-9-4-3-5-10-20)21-11-7-13-23(15-21)36-27(37)24(16-25(33)28(29,30)31)35-22-12-6-8-19(14-22)17-32/h3-16,18,26,34H,33H2,1-2H3,(H,36,37). The molecular weight excluding hydrogens is 479 g/mol. The van der Waals surface area contributed by atoms with Gasteiger partial charge in [-0.15, -0.1) is 0 Å². The first-order chi connectivity index (χ1) is 17.6. The van der Waals surface area contributed by atoms with Crippen LogP contribution in [0.2, 0.25) is 0 Å². The largest absolute Gasteiger partial charge is 0.430 e. The van der Waals surface area contributed by atoms with Crippen molar-refractivity contribution in [2.75, 3.05) is 5.32 Å². The Labute approximate surface area is 213 Å². The Morgan fingerprint density at radius 1 is 1.00 bits per heavy atom. The number of allylic oxidation sites excluding steroid dienone is 1. The summed E-state index contributed by atoms with van der Waals surface area (Å²) >= 11 is 0. The van der Waals surface area contributed by atoms with Crippen LogP contribution in [0.15, 0.2) is 95.6 Å². The van der Waals surface area contributed by atoms with Crippen LogP contribution in [0.4, 0.5) is 24.5 Å². The number of nitrogens with two attached hydrogens (primary N) is 1. The minimum Gasteiger partial charge on any atom is -0.395 e. The van der Waals surface area contributed by atoms with Crippen LogP contribution in [0.1, 0.15) is 36.6 Å². The number of hydrogen-bond donors (Lipinski definition) is 3. The lowest BCUT2D eigenvalue weighted by Crippen LogP contribution is -2.29. The number of benzene rings is 3. The smallest absolute Gasteiger partial charge is 0.395 e. The van der Waals surface area contributed by atoms with Gasteiger partial charge in [0.2, 0.25) is 0 Å². The number of amides is 1. The molecule has 0 bridgehead atoms. The van der Waals surface area contributed by atoms with Crippen molar-refractivity contribution >= 4 is 23.0 Å². The molecule has 0 radical (unpaired) electrons. The molecule has 0 saturated carbocycles. The fourth-order valence-electron chi connectivity index (χ4n) is 3.52. The van der Waals surface area contributed by atoms with Gasteiger partial charge in [0.1, 0.15) is 11.4 Å². The van der Waals surface area contributed by atoms with Gasteiger partial charge in [-0.05, 0) is 61.4 Å². The SMILES string of the molecule is CC(C)NC(c1ccccc1)c1cccc(NC(=O)C(C=C(N)C(F)(F)F)=Nc2cccc(C#N)c2)c1. The summed E-state index contributed by atoms with van der Waals surface area (Å²) in [6.45, 7) is 4.03. The molecule has 0 aliphatic heterocycles. The minimum atomic E-state index is -4.85. The molecule has 9 heteroatoms. The number of rotatable bonds is 8. The Morgan fingerprint density at radius 2 is 1.68 bits per heavy atom. The second-order valence-corrected chi connectivity index (χ2v) is 8.50. The normalized spacial score (nSPS) is 13.2. The third-order valence-electron chi connectivity index (χ3n) is 5.19. The molecule has 0 spiro atoms. The Kier molecular flexibility index (Phi) is 8.82. The molecule has 0 saturated heterocycles. The first-order valence-electron chi connectivity index (χ1n) is 11.4. The summed E-state index contributed by atoms with van der Waals surface area (Å²) in [7, 11) is 0. The van der Waals surface area contributed by atoms with E-state index in [0.29, 0.717) is 11.8 Å². The number of carbonyl (C=O) groups is 1. The molecule has 3 rings (SSSR count). The molecule has 0 fully saturated rings. The monoisotopic (exact) mass is 505 g/mol. The average molecular weight is 506 g/mol. The maximum absolute atomic E-state index is 13.1. The Hall–Kier alpha value is -4.42. The van der Waals surface area contributed by atoms with Crippen molar-refractivity contribution in [1.29, 1.82) is 5.26 Å². The number of carbonyl (C=O) groups excluding carboxylic acids is 1. The number of nitriles is 1. The molecule has 1 atom stereocenters. The Balaban J connectivity index is 1.97. The molecule has 0 aliphatic rings. The van der Waals surface area contributed by atoms with E-state index in [0.717, 1.165) is 11.1 Å². The fraction of sp³-hybridized carbons (Fsp3) is 0.179. The molecule has 37 heavy (non-hydrogen) atoms. The summed E-state index contributed by atoms with van der Waals surface area (Å²) in [5.74, 6) is -0.889. The van der Waals surface area contributed by atoms with Gasteiger partial charge >= 0.3 is 6.18 Å². The predicted octanol–water partition coefficient (Wildman–Crippen LogP) is 5.76. The van der Waals surface area contributed by atoms with E-state index >= 15 is 0 Å². The number of alkyl halides is 3. The summed E-state index contributed by atoms with van der Waals surface area (Å²) in [5, 5.41) is 15.2. The zero-order valence-electron chi connectivity index (χ0n) is 20.3. The first kappa shape index (κ1) is 27.2. The van der Waals surface area contributed by atoms with Crippen molar-refractivity contribution in [3.05, 3.63) is 107 Å². The van der Waals surface area contributed by atoms with Gasteiger partial charge in [0.05, 0.1) is 23.4 Å². The van der Waals surface area contributed by atoms with E-state index in [-0.39, 0.29) is 23.3 Å². The van der Waals surface area contributed by atoms with Crippen LogP contribution < -0.4 is 16.4 Å². The number of anilines is 1. The highest BCUT2D eigenvalue weighted by atomic mass is 19.4. The van der Waals surface area contributed by atoms with Crippen LogP contribution >= 0.6 is 0 Å². The molecule has 0 aliphatic carbocycles. The lowest BCUT2D eigenvalue weighted by Gasteiger charge is -2.23. The molecule has 1 amide bonds. The van der Waals surface area contributed by atoms with Gasteiger partial charge in [0.15, 0.2) is 0 Å². The zero-order valence-corrected chi connectivity index (χ0v) is 20.3. The van der Waals surface area contributed by atoms with Crippen molar-refractivity contribution in [3.8, 4) is 6.07 Å². The summed E-state index contributed by atoms with van der Waals surface area (Å²) in [4.78, 5) is 17.1. The van der Waals surface area contributed by atoms with Gasteiger partial charge in [0.25, 0.3) is 5.91 Å². The van der Waals surface area contributed by atoms with Gasteiger partial charge in [-0.2, -0.15) is 18.4 Å². The van der Waals surface area contributed by atoms with Gasteiger partial charge < -0.3 is 16.4 Å². The van der Waals surface area contributed by atoms with Gasteiger partial charge in [0, 0.05) is 11.7 Å². The number of nitrogens with zero attached hydrogens (tertiary/aromatic N) is 2. The van der Waals surface area contributed by atoms with Crippen LogP contribution in [0.25, 0.3) is 0 Å². The van der Waals surface area contributed by atoms with E-state index in [1.54, 1.807) is 18.2 Å². The second kappa shape index (κ2) is 12.0. The summed E-state index contributed by atoms with van der Waals surface area (Å²) < 4.78 is 39.4. The minimum absolute atomic E-state index is 0.134. The molecule has 3 aromatic carbocycles. The van der Waals surface area contributed by atoms with Gasteiger partial charge in [-0.3, -0.25) is 4.79 Å². The van der Waals surface area contributed by atoms with Crippen LogP contribution in [0, 0.1) is 11.3 Å². The summed E-state index contributed by atoms with van der Waals surface area (Å²) in [6.07, 6.45) is -4.37.